The molecule has 0 radical (unpaired) electrons. The van der Waals surface area contributed by atoms with Crippen molar-refractivity contribution in [3.8, 4) is 5.88 Å². The molecule has 0 unspecified atom stereocenters. The van der Waals surface area contributed by atoms with Gasteiger partial charge in [0.2, 0.25) is 17.6 Å². The number of ether oxygens (including phenoxy) is 1. The first kappa shape index (κ1) is 21.4. The maximum absolute atomic E-state index is 12.9. The first-order valence-electron chi connectivity index (χ1n) is 9.37. The van der Waals surface area contributed by atoms with Crippen molar-refractivity contribution in [3.05, 3.63) is 54.1 Å². The predicted octanol–water partition coefficient (Wildman–Crippen LogP) is 2.35. The number of pyridine rings is 1. The molecule has 1 saturated heterocycles. The highest BCUT2D eigenvalue weighted by Gasteiger charge is 2.38. The van der Waals surface area contributed by atoms with Gasteiger partial charge in [-0.05, 0) is 11.6 Å². The minimum Gasteiger partial charge on any atom is -0.473 e. The lowest BCUT2D eigenvalue weighted by Crippen LogP contribution is -2.41. The van der Waals surface area contributed by atoms with Gasteiger partial charge in [-0.25, -0.2) is 8.78 Å². The molecule has 2 amide bonds. The smallest absolute Gasteiger partial charge is 0.287 e. The molecule has 0 spiro atoms. The molecule has 3 rings (SSSR count). The molecule has 7 nitrogen and oxygen atoms in total. The van der Waals surface area contributed by atoms with E-state index in [0.29, 0.717) is 25.2 Å². The van der Waals surface area contributed by atoms with Gasteiger partial charge >= 0.3 is 0 Å². The molecule has 9 heteroatoms. The van der Waals surface area contributed by atoms with Crippen molar-refractivity contribution in [2.45, 2.75) is 25.9 Å². The Kier molecular flexibility index (Phi) is 6.39. The van der Waals surface area contributed by atoms with Gasteiger partial charge in [0.25, 0.3) is 11.8 Å². The molecule has 158 valence electrons. The normalized spacial score (nSPS) is 16.4. The molecule has 2 heterocycles. The van der Waals surface area contributed by atoms with Crippen LogP contribution in [0.2, 0.25) is 0 Å². The molecule has 0 bridgehead atoms. The Hall–Kier alpha value is -3.36. The second-order valence-corrected chi connectivity index (χ2v) is 7.13. The van der Waals surface area contributed by atoms with Crippen LogP contribution in [0.1, 0.15) is 18.9 Å². The third-order valence-electron chi connectivity index (χ3n) is 4.49. The number of anilines is 1. The molecule has 2 aromatic rings. The first-order valence-corrected chi connectivity index (χ1v) is 9.37. The topological polar surface area (TPSA) is 88.6 Å². The number of ketones is 1. The first-order chi connectivity index (χ1) is 14.2. The zero-order chi connectivity index (χ0) is 21.7. The number of halogens is 2. The molecule has 0 aliphatic carbocycles. The van der Waals surface area contributed by atoms with Gasteiger partial charge in [0.15, 0.2) is 0 Å². The Morgan fingerprint density at radius 1 is 1.20 bits per heavy atom. The van der Waals surface area contributed by atoms with Gasteiger partial charge < -0.3 is 10.1 Å². The van der Waals surface area contributed by atoms with Crippen LogP contribution in [0.4, 0.5) is 14.6 Å². The number of carbonyl (C=O) groups is 3. The van der Waals surface area contributed by atoms with Gasteiger partial charge in [-0.1, -0.05) is 36.4 Å². The van der Waals surface area contributed by atoms with E-state index in [1.807, 2.05) is 35.6 Å². The van der Waals surface area contributed by atoms with E-state index in [2.05, 4.69) is 4.98 Å². The monoisotopic (exact) mass is 417 g/mol. The van der Waals surface area contributed by atoms with E-state index in [0.717, 1.165) is 5.56 Å². The minimum absolute atomic E-state index is 0.0528. The Morgan fingerprint density at radius 3 is 2.63 bits per heavy atom. The number of aromatic nitrogens is 1. The zero-order valence-electron chi connectivity index (χ0n) is 16.3. The van der Waals surface area contributed by atoms with E-state index in [1.165, 1.54) is 4.90 Å². The van der Waals surface area contributed by atoms with Crippen molar-refractivity contribution in [3.63, 3.8) is 0 Å². The molecule has 1 atom stereocenters. The fraction of sp³-hybridized carbons (Fsp3) is 0.333. The lowest BCUT2D eigenvalue weighted by molar-refractivity contribution is -0.141. The van der Waals surface area contributed by atoms with E-state index < -0.39 is 30.1 Å². The van der Waals surface area contributed by atoms with E-state index in [4.69, 9.17) is 4.74 Å². The van der Waals surface area contributed by atoms with Gasteiger partial charge in [0, 0.05) is 26.0 Å². The third kappa shape index (κ3) is 5.59. The lowest BCUT2D eigenvalue weighted by atomic mass is 10.0. The Balaban J connectivity index is 1.62. The Labute approximate surface area is 172 Å². The number of amides is 2. The molecule has 1 aliphatic heterocycles. The number of nitrogens with zero attached hydrogens (tertiary/aromatic N) is 2. The van der Waals surface area contributed by atoms with E-state index >= 15 is 0 Å². The van der Waals surface area contributed by atoms with Gasteiger partial charge in [-0.2, -0.15) is 4.98 Å². The summed E-state index contributed by atoms with van der Waals surface area (Å²) in [6, 6.07) is 14.4. The van der Waals surface area contributed by atoms with Crippen LogP contribution >= 0.6 is 0 Å². The highest BCUT2D eigenvalue weighted by Crippen LogP contribution is 2.26. The lowest BCUT2D eigenvalue weighted by Gasteiger charge is -2.16. The average molecular weight is 417 g/mol. The summed E-state index contributed by atoms with van der Waals surface area (Å²) in [4.78, 5) is 42.0. The van der Waals surface area contributed by atoms with E-state index in [1.54, 1.807) is 18.2 Å². The molecule has 1 aliphatic rings. The molecular weight excluding hydrogens is 396 g/mol. The van der Waals surface area contributed by atoms with E-state index in [-0.39, 0.29) is 18.9 Å². The molecule has 0 saturated carbocycles. The fourth-order valence-electron chi connectivity index (χ4n) is 2.98. The quantitative estimate of drug-likeness (QED) is 0.666. The number of hydrogen-bond donors (Lipinski definition) is 1. The molecule has 30 heavy (non-hydrogen) atoms. The fourth-order valence-corrected chi connectivity index (χ4v) is 2.98. The van der Waals surface area contributed by atoms with Crippen LogP contribution < -0.4 is 15.0 Å². The van der Waals surface area contributed by atoms with Crippen molar-refractivity contribution in [1.82, 2.24) is 10.3 Å². The van der Waals surface area contributed by atoms with E-state index in [9.17, 15) is 23.2 Å². The number of hydrogen-bond acceptors (Lipinski definition) is 5. The molecule has 1 aromatic carbocycles. The number of benzene rings is 1. The minimum atomic E-state index is -3.13. The van der Waals surface area contributed by atoms with Crippen LogP contribution in [0, 0.1) is 5.92 Å². The number of rotatable bonds is 8. The van der Waals surface area contributed by atoms with Gasteiger partial charge in [0.05, 0.1) is 12.5 Å². The highest BCUT2D eigenvalue weighted by atomic mass is 19.3. The largest absolute Gasteiger partial charge is 0.473 e. The summed E-state index contributed by atoms with van der Waals surface area (Å²) in [6.45, 7) is -0.0568. The summed E-state index contributed by atoms with van der Waals surface area (Å²) < 4.78 is 31.4. The summed E-state index contributed by atoms with van der Waals surface area (Å²) in [5, 5.41) is 1.91. The van der Waals surface area contributed by atoms with Crippen molar-refractivity contribution in [1.29, 1.82) is 0 Å². The summed E-state index contributed by atoms with van der Waals surface area (Å²) >= 11 is 0. The summed E-state index contributed by atoms with van der Waals surface area (Å²) in [5.74, 6) is -5.84. The molecule has 1 N–H and O–H groups in total. The number of nitrogens with one attached hydrogen (secondary N) is 1. The Morgan fingerprint density at radius 2 is 1.93 bits per heavy atom. The van der Waals surface area contributed by atoms with Crippen molar-refractivity contribution in [2.24, 2.45) is 5.92 Å². The van der Waals surface area contributed by atoms with Crippen LogP contribution in [-0.4, -0.2) is 41.6 Å². The van der Waals surface area contributed by atoms with Crippen molar-refractivity contribution >= 4 is 23.4 Å². The van der Waals surface area contributed by atoms with Crippen LogP contribution in [-0.2, 0) is 21.0 Å². The van der Waals surface area contributed by atoms with Gasteiger partial charge in [-0.15, -0.1) is 0 Å². The number of Topliss-reactive ketones (excluding diaryl/α,β-unsaturated/α-hetero) is 1. The standard InChI is InChI=1S/C21H21F2N3O4/c1-21(22,23)13-24-20(29)19(28)15-10-18(27)26(11-15)16-8-5-9-17(25-16)30-12-14-6-3-2-4-7-14/h2-9,15H,10-13H2,1H3,(H,24,29)/t15-/m1/s1. The highest BCUT2D eigenvalue weighted by molar-refractivity contribution is 6.37. The average Bonchev–Trinajstić information content (AvgIpc) is 3.12. The van der Waals surface area contributed by atoms with Crippen LogP contribution in [0.3, 0.4) is 0 Å². The SMILES string of the molecule is CC(F)(F)CNC(=O)C(=O)[C@@H]1CC(=O)N(c2cccc(OCc3ccccc3)n2)C1. The second kappa shape index (κ2) is 8.98. The number of carbonyl (C=O) groups excluding carboxylic acids is 3. The summed E-state index contributed by atoms with van der Waals surface area (Å²) in [7, 11) is 0. The van der Waals surface area contributed by atoms with Gasteiger partial charge in [0.1, 0.15) is 12.4 Å². The zero-order valence-corrected chi connectivity index (χ0v) is 16.3. The second-order valence-electron chi connectivity index (χ2n) is 7.13. The Bertz CT molecular complexity index is 931. The number of alkyl halides is 2. The van der Waals surface area contributed by atoms with Crippen molar-refractivity contribution < 1.29 is 27.9 Å². The van der Waals surface area contributed by atoms with Gasteiger partial charge in [-0.3, -0.25) is 19.3 Å². The maximum atomic E-state index is 12.9. The van der Waals surface area contributed by atoms with Crippen LogP contribution in [0.15, 0.2) is 48.5 Å². The summed E-state index contributed by atoms with van der Waals surface area (Å²) in [6.07, 6.45) is -0.189. The van der Waals surface area contributed by atoms with Crippen LogP contribution in [0.25, 0.3) is 0 Å². The van der Waals surface area contributed by atoms with Crippen molar-refractivity contribution in [2.75, 3.05) is 18.0 Å². The predicted molar refractivity (Wildman–Crippen MR) is 104 cm³/mol. The molecule has 1 fully saturated rings. The summed E-state index contributed by atoms with van der Waals surface area (Å²) in [5.41, 5.74) is 0.955. The third-order valence-corrected chi connectivity index (χ3v) is 4.49. The van der Waals surface area contributed by atoms with Crippen LogP contribution in [0.5, 0.6) is 5.88 Å². The molecule has 1 aromatic heterocycles. The maximum Gasteiger partial charge on any atom is 0.287 e. The molecular formula is C21H21F2N3O4.